The van der Waals surface area contributed by atoms with Crippen LogP contribution in [0.3, 0.4) is 0 Å². The minimum absolute atomic E-state index is 0.0173. The average molecular weight is 282 g/mol. The molecule has 0 aliphatic carbocycles. The number of carbonyl (C=O) groups excluding carboxylic acids is 1. The summed E-state index contributed by atoms with van der Waals surface area (Å²) in [6, 6.07) is 0.454. The van der Waals surface area contributed by atoms with Gasteiger partial charge in [-0.1, -0.05) is 0 Å². The fourth-order valence-electron chi connectivity index (χ4n) is 1.41. The van der Waals surface area contributed by atoms with Crippen LogP contribution >= 0.6 is 0 Å². The molecular weight excluding hydrogens is 268 g/mol. The van der Waals surface area contributed by atoms with E-state index in [2.05, 4.69) is 10.3 Å². The highest BCUT2D eigenvalue weighted by Crippen LogP contribution is 2.20. The molecule has 20 heavy (non-hydrogen) atoms. The first-order chi connectivity index (χ1) is 9.23. The van der Waals surface area contributed by atoms with E-state index in [1.165, 1.54) is 6.92 Å². The minimum atomic E-state index is -1.02. The Balaban J connectivity index is 3.09. The van der Waals surface area contributed by atoms with Gasteiger partial charge in [0.05, 0.1) is 16.4 Å². The summed E-state index contributed by atoms with van der Waals surface area (Å²) in [5.74, 6) is -2.64. The second kappa shape index (κ2) is 5.95. The Bertz CT molecular complexity index is 560. The first kappa shape index (κ1) is 15.3. The summed E-state index contributed by atoms with van der Waals surface area (Å²) in [6.45, 7) is 3.07. The van der Waals surface area contributed by atoms with Crippen molar-refractivity contribution in [2.75, 3.05) is 5.32 Å². The largest absolute Gasteiger partial charge is 0.481 e. The zero-order valence-corrected chi connectivity index (χ0v) is 10.9. The van der Waals surface area contributed by atoms with E-state index in [0.29, 0.717) is 0 Å². The van der Waals surface area contributed by atoms with Gasteiger partial charge in [0.25, 0.3) is 11.6 Å². The summed E-state index contributed by atoms with van der Waals surface area (Å²) in [7, 11) is 0. The predicted octanol–water partition coefficient (Wildman–Crippen LogP) is 0.610. The molecule has 9 heteroatoms. The van der Waals surface area contributed by atoms with E-state index in [0.717, 1.165) is 12.3 Å². The van der Waals surface area contributed by atoms with E-state index in [9.17, 15) is 19.7 Å². The molecule has 0 saturated heterocycles. The number of anilines is 1. The molecule has 0 aliphatic rings. The number of hydrogen-bond acceptors (Lipinski definition) is 6. The summed E-state index contributed by atoms with van der Waals surface area (Å²) in [4.78, 5) is 35.8. The molecular formula is C11H14N4O5. The third-order valence-corrected chi connectivity index (χ3v) is 2.85. The van der Waals surface area contributed by atoms with Crippen molar-refractivity contribution in [2.24, 2.45) is 11.7 Å². The van der Waals surface area contributed by atoms with Crippen LogP contribution in [-0.2, 0) is 4.79 Å². The number of hydrogen-bond donors (Lipinski definition) is 3. The Kier molecular flexibility index (Phi) is 4.57. The molecule has 2 unspecified atom stereocenters. The van der Waals surface area contributed by atoms with Crippen molar-refractivity contribution in [1.29, 1.82) is 0 Å². The molecule has 1 aromatic heterocycles. The molecule has 0 aliphatic heterocycles. The van der Waals surface area contributed by atoms with Crippen LogP contribution in [-0.4, -0.2) is 32.9 Å². The van der Waals surface area contributed by atoms with Crippen LogP contribution in [0, 0.1) is 16.0 Å². The number of nitrogens with two attached hydrogens (primary N) is 1. The second-order valence-electron chi connectivity index (χ2n) is 4.27. The van der Waals surface area contributed by atoms with Crippen LogP contribution in [0.25, 0.3) is 0 Å². The summed E-state index contributed by atoms with van der Waals surface area (Å²) >= 11 is 0. The summed E-state index contributed by atoms with van der Waals surface area (Å²) in [5.41, 5.74) is 4.60. The van der Waals surface area contributed by atoms with Crippen molar-refractivity contribution in [1.82, 2.24) is 4.98 Å². The molecule has 1 rings (SSSR count). The molecule has 1 amide bonds. The van der Waals surface area contributed by atoms with Gasteiger partial charge in [-0.2, -0.15) is 0 Å². The van der Waals surface area contributed by atoms with Gasteiger partial charge in [0, 0.05) is 12.1 Å². The smallest absolute Gasteiger partial charge is 0.308 e. The number of carboxylic acids is 1. The molecule has 0 saturated carbocycles. The van der Waals surface area contributed by atoms with E-state index >= 15 is 0 Å². The Morgan fingerprint density at radius 1 is 1.50 bits per heavy atom. The number of rotatable bonds is 6. The standard InChI is InChI=1S/C11H14N4O5/c1-5(11(17)18)6(2)14-10-8(9(12)16)3-7(4-13-10)15(19)20/h3-6H,1-2H3,(H2,12,16)(H,13,14)(H,17,18). The zero-order valence-electron chi connectivity index (χ0n) is 10.9. The van der Waals surface area contributed by atoms with Crippen molar-refractivity contribution in [2.45, 2.75) is 19.9 Å². The van der Waals surface area contributed by atoms with Gasteiger partial charge in [-0.15, -0.1) is 0 Å². The van der Waals surface area contributed by atoms with E-state index in [1.807, 2.05) is 0 Å². The van der Waals surface area contributed by atoms with Crippen molar-refractivity contribution in [3.63, 3.8) is 0 Å². The first-order valence-corrected chi connectivity index (χ1v) is 5.67. The SMILES string of the molecule is CC(Nc1ncc([N+](=O)[O-])cc1C(N)=O)C(C)C(=O)O. The number of aliphatic carboxylic acids is 1. The first-order valence-electron chi connectivity index (χ1n) is 5.67. The Hall–Kier alpha value is -2.71. The number of nitrogens with one attached hydrogen (secondary N) is 1. The van der Waals surface area contributed by atoms with Crippen LogP contribution in [0.5, 0.6) is 0 Å². The van der Waals surface area contributed by atoms with Gasteiger partial charge in [-0.05, 0) is 13.8 Å². The van der Waals surface area contributed by atoms with Crippen LogP contribution < -0.4 is 11.1 Å². The lowest BCUT2D eigenvalue weighted by molar-refractivity contribution is -0.385. The van der Waals surface area contributed by atoms with Gasteiger partial charge in [0.1, 0.15) is 12.0 Å². The second-order valence-corrected chi connectivity index (χ2v) is 4.27. The van der Waals surface area contributed by atoms with Gasteiger partial charge < -0.3 is 16.2 Å². The molecule has 0 radical (unpaired) electrons. The Labute approximate surface area is 114 Å². The molecule has 1 aromatic rings. The minimum Gasteiger partial charge on any atom is -0.481 e. The summed E-state index contributed by atoms with van der Waals surface area (Å²) < 4.78 is 0. The molecule has 0 fully saturated rings. The highest BCUT2D eigenvalue weighted by molar-refractivity contribution is 5.98. The molecule has 9 nitrogen and oxygen atoms in total. The van der Waals surface area contributed by atoms with Gasteiger partial charge in [-0.3, -0.25) is 19.7 Å². The number of amides is 1. The normalized spacial score (nSPS) is 13.3. The topological polar surface area (TPSA) is 148 Å². The van der Waals surface area contributed by atoms with Gasteiger partial charge >= 0.3 is 5.97 Å². The Morgan fingerprint density at radius 2 is 2.10 bits per heavy atom. The van der Waals surface area contributed by atoms with Crippen molar-refractivity contribution in [3.05, 3.63) is 27.9 Å². The third-order valence-electron chi connectivity index (χ3n) is 2.85. The number of nitro groups is 1. The number of aromatic nitrogens is 1. The maximum Gasteiger partial charge on any atom is 0.308 e. The molecule has 0 spiro atoms. The lowest BCUT2D eigenvalue weighted by Gasteiger charge is -2.19. The monoisotopic (exact) mass is 282 g/mol. The molecule has 2 atom stereocenters. The summed E-state index contributed by atoms with van der Waals surface area (Å²) in [5, 5.41) is 22.2. The molecule has 1 heterocycles. The van der Waals surface area contributed by atoms with Gasteiger partial charge in [0.2, 0.25) is 0 Å². The van der Waals surface area contributed by atoms with Crippen molar-refractivity contribution >= 4 is 23.4 Å². The van der Waals surface area contributed by atoms with Gasteiger partial charge in [0.15, 0.2) is 0 Å². The number of carboxylic acid groups (broad SMARTS) is 1. The molecule has 0 aromatic carbocycles. The van der Waals surface area contributed by atoms with E-state index in [-0.39, 0.29) is 17.1 Å². The lowest BCUT2D eigenvalue weighted by atomic mass is 10.0. The van der Waals surface area contributed by atoms with E-state index < -0.39 is 28.8 Å². The number of pyridine rings is 1. The van der Waals surface area contributed by atoms with Crippen LogP contribution in [0.1, 0.15) is 24.2 Å². The quantitative estimate of drug-likeness (QED) is 0.511. The molecule has 0 bridgehead atoms. The highest BCUT2D eigenvalue weighted by atomic mass is 16.6. The number of primary amides is 1. The van der Waals surface area contributed by atoms with E-state index in [1.54, 1.807) is 6.92 Å². The molecule has 108 valence electrons. The fraction of sp³-hybridized carbons (Fsp3) is 0.364. The number of nitrogens with zero attached hydrogens (tertiary/aromatic N) is 2. The Morgan fingerprint density at radius 3 is 2.55 bits per heavy atom. The summed E-state index contributed by atoms with van der Waals surface area (Å²) in [6.07, 6.45) is 0.965. The average Bonchev–Trinajstić information content (AvgIpc) is 2.37. The maximum absolute atomic E-state index is 11.3. The van der Waals surface area contributed by atoms with Crippen LogP contribution in [0.4, 0.5) is 11.5 Å². The highest BCUT2D eigenvalue weighted by Gasteiger charge is 2.22. The third kappa shape index (κ3) is 3.40. The fourth-order valence-corrected chi connectivity index (χ4v) is 1.41. The van der Waals surface area contributed by atoms with E-state index in [4.69, 9.17) is 10.8 Å². The van der Waals surface area contributed by atoms with Crippen molar-refractivity contribution in [3.8, 4) is 0 Å². The van der Waals surface area contributed by atoms with Crippen LogP contribution in [0.15, 0.2) is 12.3 Å². The lowest BCUT2D eigenvalue weighted by Crippen LogP contribution is -2.31. The maximum atomic E-state index is 11.3. The van der Waals surface area contributed by atoms with Crippen LogP contribution in [0.2, 0.25) is 0 Å². The van der Waals surface area contributed by atoms with Crippen molar-refractivity contribution < 1.29 is 19.6 Å². The predicted molar refractivity (Wildman–Crippen MR) is 69.3 cm³/mol. The number of carbonyl (C=O) groups is 2. The van der Waals surface area contributed by atoms with Gasteiger partial charge in [-0.25, -0.2) is 4.98 Å². The molecule has 4 N–H and O–H groups in total. The zero-order chi connectivity index (χ0) is 15.4.